The summed E-state index contributed by atoms with van der Waals surface area (Å²) in [6.07, 6.45) is 0. The number of para-hydroxylation sites is 3. The number of thiophene rings is 1. The van der Waals surface area contributed by atoms with E-state index in [9.17, 15) is 0 Å². The zero-order valence-corrected chi connectivity index (χ0v) is 33.9. The van der Waals surface area contributed by atoms with E-state index >= 15 is 0 Å². The van der Waals surface area contributed by atoms with Crippen molar-refractivity contribution in [1.29, 1.82) is 0 Å². The van der Waals surface area contributed by atoms with E-state index in [-0.39, 0.29) is 0 Å². The number of hydrogen-bond donors (Lipinski definition) is 0. The van der Waals surface area contributed by atoms with Crippen LogP contribution >= 0.6 is 11.3 Å². The van der Waals surface area contributed by atoms with Crippen LogP contribution in [0.4, 0.5) is 17.1 Å². The monoisotopic (exact) mass is 792 g/mol. The van der Waals surface area contributed by atoms with Gasteiger partial charge < -0.3 is 9.47 Å². The van der Waals surface area contributed by atoms with Crippen LogP contribution in [0.25, 0.3) is 102 Å². The maximum Gasteiger partial charge on any atom is 0.0620 e. The Labute approximate surface area is 356 Å². The van der Waals surface area contributed by atoms with Crippen molar-refractivity contribution in [2.24, 2.45) is 0 Å². The van der Waals surface area contributed by atoms with Crippen molar-refractivity contribution in [3.8, 4) is 27.9 Å². The van der Waals surface area contributed by atoms with E-state index in [1.807, 2.05) is 11.3 Å². The Balaban J connectivity index is 0.996. The van der Waals surface area contributed by atoms with E-state index in [1.54, 1.807) is 0 Å². The molecule has 0 saturated carbocycles. The lowest BCUT2D eigenvalue weighted by Gasteiger charge is -2.25. The lowest BCUT2D eigenvalue weighted by atomic mass is 9.88. The summed E-state index contributed by atoms with van der Waals surface area (Å²) in [4.78, 5) is 2.32. The fourth-order valence-electron chi connectivity index (χ4n) is 9.95. The molecule has 0 saturated heterocycles. The van der Waals surface area contributed by atoms with Crippen molar-refractivity contribution in [2.75, 3.05) is 4.90 Å². The van der Waals surface area contributed by atoms with Crippen LogP contribution in [0.1, 0.15) is 0 Å². The first-order chi connectivity index (χ1) is 30.2. The molecule has 0 atom stereocenters. The van der Waals surface area contributed by atoms with Gasteiger partial charge in [-0.25, -0.2) is 0 Å². The van der Waals surface area contributed by atoms with Gasteiger partial charge in [0, 0.05) is 59.1 Å². The van der Waals surface area contributed by atoms with E-state index in [4.69, 9.17) is 0 Å². The molecule has 13 rings (SSSR count). The SMILES string of the molecule is c1ccc(N(c2ccccc2)c2ccc(-c3ccc4ccc5c6c(ccc3c46)cc3c4cc(-c6ccc7c(c6)sc6ccccc67)ccc4n(-c4ccccc4)c35)cc2)cc1. The van der Waals surface area contributed by atoms with Crippen molar-refractivity contribution < 1.29 is 0 Å². The van der Waals surface area contributed by atoms with Crippen molar-refractivity contribution in [3.63, 3.8) is 0 Å². The third kappa shape index (κ3) is 5.28. The van der Waals surface area contributed by atoms with Gasteiger partial charge in [-0.15, -0.1) is 11.3 Å². The molecule has 0 N–H and O–H groups in total. The Kier molecular flexibility index (Phi) is 7.51. The van der Waals surface area contributed by atoms with Crippen molar-refractivity contribution in [3.05, 3.63) is 218 Å². The number of hydrogen-bond acceptors (Lipinski definition) is 2. The van der Waals surface area contributed by atoms with Gasteiger partial charge in [0.15, 0.2) is 0 Å². The third-order valence-corrected chi connectivity index (χ3v) is 13.8. The molecule has 0 unspecified atom stereocenters. The average molecular weight is 793 g/mol. The van der Waals surface area contributed by atoms with Crippen LogP contribution in [-0.2, 0) is 0 Å². The van der Waals surface area contributed by atoms with Gasteiger partial charge in [-0.1, -0.05) is 140 Å². The van der Waals surface area contributed by atoms with Gasteiger partial charge in [-0.2, -0.15) is 0 Å². The zero-order valence-electron chi connectivity index (χ0n) is 33.1. The molecule has 284 valence electrons. The number of nitrogens with zero attached hydrogens (tertiary/aromatic N) is 2. The van der Waals surface area contributed by atoms with Crippen LogP contribution in [-0.4, -0.2) is 4.57 Å². The molecular weight excluding hydrogens is 757 g/mol. The zero-order chi connectivity index (χ0) is 40.0. The Hall–Kier alpha value is -7.72. The highest BCUT2D eigenvalue weighted by Crippen LogP contribution is 2.46. The highest BCUT2D eigenvalue weighted by molar-refractivity contribution is 7.25. The predicted molar refractivity (Wildman–Crippen MR) is 263 cm³/mol. The fraction of sp³-hybridized carbons (Fsp3) is 0. The summed E-state index contributed by atoms with van der Waals surface area (Å²) >= 11 is 1.88. The molecule has 11 aromatic carbocycles. The van der Waals surface area contributed by atoms with Gasteiger partial charge in [0.1, 0.15) is 0 Å². The molecule has 13 aromatic rings. The van der Waals surface area contributed by atoms with Gasteiger partial charge in [0.05, 0.1) is 11.0 Å². The number of aromatic nitrogens is 1. The number of fused-ring (bicyclic) bond motifs is 7. The van der Waals surface area contributed by atoms with Crippen LogP contribution < -0.4 is 4.90 Å². The first kappa shape index (κ1) is 34.2. The number of rotatable bonds is 6. The third-order valence-electron chi connectivity index (χ3n) is 12.7. The van der Waals surface area contributed by atoms with E-state index in [0.29, 0.717) is 0 Å². The summed E-state index contributed by atoms with van der Waals surface area (Å²) < 4.78 is 5.14. The van der Waals surface area contributed by atoms with Crippen molar-refractivity contribution in [1.82, 2.24) is 4.57 Å². The minimum absolute atomic E-state index is 1.12. The first-order valence-electron chi connectivity index (χ1n) is 20.9. The minimum Gasteiger partial charge on any atom is -0.311 e. The summed E-state index contributed by atoms with van der Waals surface area (Å²) in [5.74, 6) is 0. The van der Waals surface area contributed by atoms with Crippen molar-refractivity contribution in [2.45, 2.75) is 0 Å². The topological polar surface area (TPSA) is 8.17 Å². The predicted octanol–water partition coefficient (Wildman–Crippen LogP) is 16.9. The second-order valence-corrected chi connectivity index (χ2v) is 17.2. The quantitative estimate of drug-likeness (QED) is 0.152. The summed E-state index contributed by atoms with van der Waals surface area (Å²) in [6, 6.07) is 80.3. The van der Waals surface area contributed by atoms with Gasteiger partial charge in [-0.05, 0) is 128 Å². The largest absolute Gasteiger partial charge is 0.311 e. The summed E-state index contributed by atoms with van der Waals surface area (Å²) in [6.45, 7) is 0. The number of anilines is 3. The molecule has 0 aliphatic rings. The molecule has 2 nitrogen and oxygen atoms in total. The molecule has 0 fully saturated rings. The van der Waals surface area contributed by atoms with Crippen LogP contribution in [0.5, 0.6) is 0 Å². The summed E-state index contributed by atoms with van der Waals surface area (Å²) in [5, 5.41) is 12.9. The highest BCUT2D eigenvalue weighted by Gasteiger charge is 2.21. The standard InChI is InChI=1S/C58H36N2S/c1-4-12-42(13-5-1)59(43-14-6-2-7-15-43)45-27-20-37(21-28-45)46-29-22-38-23-32-50-57-41(25-31-49(46)56(38)57)35-52-51-34-39(26-33-53(51)60(58(50)52)44-16-8-3-9-17-44)40-24-30-48-47-18-10-11-19-54(47)61-55(48)36-40/h1-36H. The van der Waals surface area contributed by atoms with E-state index in [0.717, 1.165) is 22.7 Å². The van der Waals surface area contributed by atoms with E-state index in [1.165, 1.54) is 96.5 Å². The summed E-state index contributed by atoms with van der Waals surface area (Å²) in [5.41, 5.74) is 11.9. The highest BCUT2D eigenvalue weighted by atomic mass is 32.1. The van der Waals surface area contributed by atoms with Gasteiger partial charge in [0.2, 0.25) is 0 Å². The molecule has 0 spiro atoms. The average Bonchev–Trinajstić information content (AvgIpc) is 3.87. The van der Waals surface area contributed by atoms with E-state index in [2.05, 4.69) is 228 Å². The molecular formula is C58H36N2S. The molecule has 0 aliphatic heterocycles. The van der Waals surface area contributed by atoms with Crippen LogP contribution in [0.2, 0.25) is 0 Å². The lowest BCUT2D eigenvalue weighted by molar-refractivity contribution is 1.19. The van der Waals surface area contributed by atoms with Gasteiger partial charge in [-0.3, -0.25) is 0 Å². The molecule has 2 aromatic heterocycles. The number of benzene rings is 11. The van der Waals surface area contributed by atoms with Crippen LogP contribution in [0.3, 0.4) is 0 Å². The maximum absolute atomic E-state index is 2.49. The first-order valence-corrected chi connectivity index (χ1v) is 21.7. The molecule has 0 radical (unpaired) electrons. The molecule has 2 heterocycles. The minimum atomic E-state index is 1.12. The summed E-state index contributed by atoms with van der Waals surface area (Å²) in [7, 11) is 0. The van der Waals surface area contributed by atoms with Crippen molar-refractivity contribution >= 4 is 103 Å². The Morgan fingerprint density at radius 3 is 1.70 bits per heavy atom. The van der Waals surface area contributed by atoms with Crippen LogP contribution in [0, 0.1) is 0 Å². The molecule has 0 aliphatic carbocycles. The van der Waals surface area contributed by atoms with Crippen LogP contribution in [0.15, 0.2) is 218 Å². The maximum atomic E-state index is 2.49. The molecule has 61 heavy (non-hydrogen) atoms. The molecule has 0 amide bonds. The second kappa shape index (κ2) is 13.4. The second-order valence-electron chi connectivity index (χ2n) is 16.1. The lowest BCUT2D eigenvalue weighted by Crippen LogP contribution is -2.09. The van der Waals surface area contributed by atoms with Gasteiger partial charge >= 0.3 is 0 Å². The molecule has 0 bridgehead atoms. The normalized spacial score (nSPS) is 11.9. The Morgan fingerprint density at radius 1 is 0.344 bits per heavy atom. The Bertz CT molecular complexity index is 3750. The van der Waals surface area contributed by atoms with Gasteiger partial charge in [0.25, 0.3) is 0 Å². The fourth-order valence-corrected chi connectivity index (χ4v) is 11.1. The Morgan fingerprint density at radius 2 is 0.918 bits per heavy atom. The smallest absolute Gasteiger partial charge is 0.0620 e. The molecule has 3 heteroatoms. The van der Waals surface area contributed by atoms with E-state index < -0.39 is 0 Å².